The molecule has 0 saturated heterocycles. The van der Waals surface area contributed by atoms with Gasteiger partial charge in [0.25, 0.3) is 0 Å². The molecule has 0 radical (unpaired) electrons. The van der Waals surface area contributed by atoms with Crippen molar-refractivity contribution in [3.05, 3.63) is 35.4 Å². The normalized spacial score (nSPS) is 12.2. The second kappa shape index (κ2) is 5.35. The number of benzene rings is 1. The highest BCUT2D eigenvalue weighted by atomic mass is 16.1. The number of hydrogen-bond donors (Lipinski definition) is 0. The quantitative estimate of drug-likeness (QED) is 0.589. The Hall–Kier alpha value is -2.02. The molecule has 0 saturated carbocycles. The molecule has 4 heteroatoms. The third kappa shape index (κ3) is 2.97. The van der Waals surface area contributed by atoms with Gasteiger partial charge in [-0.05, 0) is 31.9 Å². The summed E-state index contributed by atoms with van der Waals surface area (Å²) in [5.74, 6) is 0. The van der Waals surface area contributed by atoms with E-state index in [1.807, 2.05) is 38.1 Å². The van der Waals surface area contributed by atoms with E-state index in [1.165, 1.54) is 0 Å². The van der Waals surface area contributed by atoms with Crippen LogP contribution in [0.5, 0.6) is 0 Å². The highest BCUT2D eigenvalue weighted by Gasteiger charge is 2.24. The van der Waals surface area contributed by atoms with Crippen molar-refractivity contribution in [2.75, 3.05) is 0 Å². The van der Waals surface area contributed by atoms with Crippen molar-refractivity contribution < 1.29 is 9.59 Å². The van der Waals surface area contributed by atoms with Gasteiger partial charge in [0.1, 0.15) is 0 Å². The van der Waals surface area contributed by atoms with Gasteiger partial charge in [-0.3, -0.25) is 0 Å². The lowest BCUT2D eigenvalue weighted by molar-refractivity contribution is 0.516. The van der Waals surface area contributed by atoms with Crippen molar-refractivity contribution in [1.29, 1.82) is 0 Å². The number of rotatable bonds is 4. The molecule has 0 fully saturated rings. The maximum atomic E-state index is 10.4. The fourth-order valence-corrected chi connectivity index (χ4v) is 1.74. The van der Waals surface area contributed by atoms with Crippen LogP contribution >= 0.6 is 0 Å². The first kappa shape index (κ1) is 13.0. The van der Waals surface area contributed by atoms with Crippen LogP contribution < -0.4 is 0 Å². The van der Waals surface area contributed by atoms with Crippen LogP contribution in [0.2, 0.25) is 0 Å². The van der Waals surface area contributed by atoms with E-state index in [9.17, 15) is 9.59 Å². The summed E-state index contributed by atoms with van der Waals surface area (Å²) in [7, 11) is 0. The van der Waals surface area contributed by atoms with E-state index in [0.717, 1.165) is 11.1 Å². The highest BCUT2D eigenvalue weighted by molar-refractivity contribution is 5.42. The zero-order valence-corrected chi connectivity index (χ0v) is 10.1. The molecule has 1 aromatic carbocycles. The fourth-order valence-electron chi connectivity index (χ4n) is 1.74. The van der Waals surface area contributed by atoms with Crippen LogP contribution in [0.15, 0.2) is 34.3 Å². The number of nitrogens with zero attached hydrogens (tertiary/aromatic N) is 2. The Balaban J connectivity index is 3.34. The SMILES string of the molecule is CC(N=C=O)c1ccccc1C(C)(C)N=C=O. The van der Waals surface area contributed by atoms with Crippen molar-refractivity contribution in [3.63, 3.8) is 0 Å². The van der Waals surface area contributed by atoms with Gasteiger partial charge in [-0.2, -0.15) is 9.98 Å². The Bertz CT molecular complexity index is 496. The summed E-state index contributed by atoms with van der Waals surface area (Å²) >= 11 is 0. The molecule has 0 N–H and O–H groups in total. The van der Waals surface area contributed by atoms with Crippen molar-refractivity contribution in [2.24, 2.45) is 9.98 Å². The molecule has 1 rings (SSSR count). The molecule has 4 nitrogen and oxygen atoms in total. The lowest BCUT2D eigenvalue weighted by atomic mass is 9.88. The first-order valence-corrected chi connectivity index (χ1v) is 5.28. The maximum absolute atomic E-state index is 10.4. The summed E-state index contributed by atoms with van der Waals surface area (Å²) in [6, 6.07) is 7.15. The molecular weight excluding hydrogens is 216 g/mol. The van der Waals surface area contributed by atoms with Crippen molar-refractivity contribution in [3.8, 4) is 0 Å². The van der Waals surface area contributed by atoms with Crippen molar-refractivity contribution >= 4 is 12.2 Å². The molecular formula is C13H14N2O2. The number of isocyanates is 2. The van der Waals surface area contributed by atoms with E-state index in [-0.39, 0.29) is 6.04 Å². The number of hydrogen-bond acceptors (Lipinski definition) is 4. The van der Waals surface area contributed by atoms with Crippen molar-refractivity contribution in [1.82, 2.24) is 0 Å². The monoisotopic (exact) mass is 230 g/mol. The smallest absolute Gasteiger partial charge is 0.211 e. The maximum Gasteiger partial charge on any atom is 0.235 e. The van der Waals surface area contributed by atoms with E-state index >= 15 is 0 Å². The van der Waals surface area contributed by atoms with Gasteiger partial charge >= 0.3 is 0 Å². The molecule has 1 aromatic rings. The minimum Gasteiger partial charge on any atom is -0.211 e. The molecule has 1 atom stereocenters. The van der Waals surface area contributed by atoms with E-state index in [2.05, 4.69) is 9.98 Å². The lowest BCUT2D eigenvalue weighted by Crippen LogP contribution is -2.16. The van der Waals surface area contributed by atoms with Gasteiger partial charge in [0.2, 0.25) is 12.2 Å². The summed E-state index contributed by atoms with van der Waals surface area (Å²) in [6.45, 7) is 5.42. The summed E-state index contributed by atoms with van der Waals surface area (Å²) in [4.78, 5) is 28.2. The molecule has 0 spiro atoms. The minimum atomic E-state index is -0.676. The summed E-state index contributed by atoms with van der Waals surface area (Å²) in [5, 5.41) is 0. The predicted octanol–water partition coefficient (Wildman–Crippen LogP) is 2.65. The summed E-state index contributed by atoms with van der Waals surface area (Å²) in [6.07, 6.45) is 3.12. The molecule has 0 bridgehead atoms. The van der Waals surface area contributed by atoms with Crippen LogP contribution in [0.3, 0.4) is 0 Å². The second-order valence-corrected chi connectivity index (χ2v) is 4.25. The van der Waals surface area contributed by atoms with Crippen LogP contribution in [-0.2, 0) is 15.1 Å². The van der Waals surface area contributed by atoms with Crippen LogP contribution in [0, 0.1) is 0 Å². The Labute approximate surface area is 100 Å². The van der Waals surface area contributed by atoms with Gasteiger partial charge in [-0.25, -0.2) is 9.59 Å². The van der Waals surface area contributed by atoms with E-state index < -0.39 is 5.54 Å². The molecule has 0 aliphatic rings. The number of carbonyl (C=O) groups excluding carboxylic acids is 2. The Kier molecular flexibility index (Phi) is 4.11. The largest absolute Gasteiger partial charge is 0.235 e. The Morgan fingerprint density at radius 3 is 2.41 bits per heavy atom. The standard InChI is InChI=1S/C13H14N2O2/c1-10(14-8-16)11-6-4-5-7-12(11)13(2,3)15-9-17/h4-7,10H,1-3H3. The third-order valence-corrected chi connectivity index (χ3v) is 2.64. The molecule has 1 unspecified atom stereocenters. The first-order valence-electron chi connectivity index (χ1n) is 5.28. The lowest BCUT2D eigenvalue weighted by Gasteiger charge is -2.22. The van der Waals surface area contributed by atoms with Crippen LogP contribution in [0.4, 0.5) is 0 Å². The van der Waals surface area contributed by atoms with E-state index in [0.29, 0.717) is 0 Å². The van der Waals surface area contributed by atoms with Crippen molar-refractivity contribution in [2.45, 2.75) is 32.4 Å². The molecule has 17 heavy (non-hydrogen) atoms. The predicted molar refractivity (Wildman–Crippen MR) is 64.1 cm³/mol. The van der Waals surface area contributed by atoms with Gasteiger partial charge in [0.05, 0.1) is 11.6 Å². The van der Waals surface area contributed by atoms with Crippen LogP contribution in [0.1, 0.15) is 37.9 Å². The van der Waals surface area contributed by atoms with Crippen LogP contribution in [-0.4, -0.2) is 12.2 Å². The fraction of sp³-hybridized carbons (Fsp3) is 0.385. The zero-order chi connectivity index (χ0) is 12.9. The summed E-state index contributed by atoms with van der Waals surface area (Å²) < 4.78 is 0. The number of aliphatic imine (C=N–C) groups is 2. The molecule has 0 heterocycles. The summed E-state index contributed by atoms with van der Waals surface area (Å²) in [5.41, 5.74) is 1.04. The van der Waals surface area contributed by atoms with Gasteiger partial charge in [0, 0.05) is 0 Å². The van der Waals surface area contributed by atoms with Crippen LogP contribution in [0.25, 0.3) is 0 Å². The highest BCUT2D eigenvalue weighted by Crippen LogP contribution is 2.31. The third-order valence-electron chi connectivity index (χ3n) is 2.64. The molecule has 88 valence electrons. The van der Waals surface area contributed by atoms with E-state index in [1.54, 1.807) is 19.1 Å². The van der Waals surface area contributed by atoms with Gasteiger partial charge in [-0.1, -0.05) is 24.3 Å². The van der Waals surface area contributed by atoms with Gasteiger partial charge in [0.15, 0.2) is 0 Å². The van der Waals surface area contributed by atoms with E-state index in [4.69, 9.17) is 0 Å². The molecule has 0 aromatic heterocycles. The molecule has 0 amide bonds. The first-order chi connectivity index (χ1) is 8.03. The second-order valence-electron chi connectivity index (χ2n) is 4.25. The van der Waals surface area contributed by atoms with Gasteiger partial charge < -0.3 is 0 Å². The molecule has 0 aliphatic heterocycles. The van der Waals surface area contributed by atoms with Gasteiger partial charge in [-0.15, -0.1) is 0 Å². The molecule has 0 aliphatic carbocycles. The Morgan fingerprint density at radius 1 is 1.18 bits per heavy atom. The minimum absolute atomic E-state index is 0.301. The topological polar surface area (TPSA) is 58.9 Å². The Morgan fingerprint density at radius 2 is 1.82 bits per heavy atom. The average Bonchev–Trinajstić information content (AvgIpc) is 2.29. The average molecular weight is 230 g/mol. The zero-order valence-electron chi connectivity index (χ0n) is 10.1.